The van der Waals surface area contributed by atoms with Gasteiger partial charge in [0.15, 0.2) is 5.65 Å². The number of amides is 2. The van der Waals surface area contributed by atoms with E-state index < -0.39 is 86.2 Å². The van der Waals surface area contributed by atoms with Gasteiger partial charge in [-0.25, -0.2) is 18.3 Å². The molecule has 0 radical (unpaired) electrons. The molecule has 0 bridgehead atoms. The summed E-state index contributed by atoms with van der Waals surface area (Å²) in [6.07, 6.45) is -8.02. The van der Waals surface area contributed by atoms with Crippen molar-refractivity contribution < 1.29 is 44.7 Å². The van der Waals surface area contributed by atoms with Gasteiger partial charge in [0.05, 0.1) is 29.5 Å². The first-order chi connectivity index (χ1) is 20.1. The van der Waals surface area contributed by atoms with Gasteiger partial charge < -0.3 is 10.6 Å². The third-order valence-electron chi connectivity index (χ3n) is 7.89. The van der Waals surface area contributed by atoms with Gasteiger partial charge in [-0.2, -0.15) is 36.5 Å². The lowest BCUT2D eigenvalue weighted by atomic mass is 9.81. The summed E-state index contributed by atoms with van der Waals surface area (Å²) >= 11 is 0. The average molecular weight is 622 g/mol. The summed E-state index contributed by atoms with van der Waals surface area (Å²) in [5.41, 5.74) is 0.397. The summed E-state index contributed by atoms with van der Waals surface area (Å²) in [4.78, 5) is 29.8. The Balaban J connectivity index is 1.39. The van der Waals surface area contributed by atoms with Crippen LogP contribution >= 0.6 is 0 Å². The Morgan fingerprint density at radius 2 is 1.84 bits per heavy atom. The molecular formula is C26H27F8N7O2. The summed E-state index contributed by atoms with van der Waals surface area (Å²) in [6, 6.07) is 3.15. The predicted molar refractivity (Wildman–Crippen MR) is 133 cm³/mol. The lowest BCUT2D eigenvalue weighted by molar-refractivity contribution is -0.183. The Hall–Kier alpha value is -3.79. The molecule has 1 saturated carbocycles. The molecule has 0 spiro atoms. The standard InChI is InChI=1S/C26H27F8N7O2/c27-24(28)6-3-14(4-7-24)21(38-23(43)19-5-8-36-41(19)13-25(29,30)31)18-12-40-20(37-18)2-1-17(39-40)10-15-9-16(26(32,33)34)11-35-22(15)42/h1-2,5,8,12,14-16,21H,3-4,6-7,9-11,13H2,(H,35,42)(H,38,43)/t15?,16-,21?/m1/s1. The smallest absolute Gasteiger partial charge is 0.355 e. The molecule has 1 aliphatic heterocycles. The number of rotatable bonds is 7. The molecule has 3 atom stereocenters. The van der Waals surface area contributed by atoms with E-state index in [1.165, 1.54) is 22.8 Å². The number of aromatic nitrogens is 5. The fraction of sp³-hybridized carbons (Fsp3) is 0.577. The van der Waals surface area contributed by atoms with Gasteiger partial charge in [0.2, 0.25) is 11.8 Å². The van der Waals surface area contributed by atoms with E-state index in [0.717, 1.165) is 12.3 Å². The highest BCUT2D eigenvalue weighted by atomic mass is 19.4. The van der Waals surface area contributed by atoms with Crippen molar-refractivity contribution in [3.63, 3.8) is 0 Å². The quantitative estimate of drug-likeness (QED) is 0.374. The van der Waals surface area contributed by atoms with Crippen LogP contribution in [0.25, 0.3) is 5.65 Å². The largest absolute Gasteiger partial charge is 0.408 e. The number of nitrogens with one attached hydrogen (secondary N) is 2. The monoisotopic (exact) mass is 621 g/mol. The van der Waals surface area contributed by atoms with Crippen LogP contribution in [0, 0.1) is 17.8 Å². The zero-order chi connectivity index (χ0) is 31.2. The number of carbonyl (C=O) groups excluding carboxylic acids is 2. The van der Waals surface area contributed by atoms with Gasteiger partial charge in [0, 0.05) is 37.9 Å². The Morgan fingerprint density at radius 1 is 1.12 bits per heavy atom. The second-order valence-electron chi connectivity index (χ2n) is 11.0. The first-order valence-electron chi connectivity index (χ1n) is 13.5. The van der Waals surface area contributed by atoms with Crippen molar-refractivity contribution in [3.8, 4) is 0 Å². The third-order valence-corrected chi connectivity index (χ3v) is 7.89. The summed E-state index contributed by atoms with van der Waals surface area (Å²) in [6.45, 7) is -2.00. The van der Waals surface area contributed by atoms with Crippen molar-refractivity contribution in [3.05, 3.63) is 47.7 Å². The Kier molecular flexibility index (Phi) is 8.11. The summed E-state index contributed by atoms with van der Waals surface area (Å²) < 4.78 is 108. The SMILES string of the molecule is O=C(NC(c1cn2nc(CC3C[C@@H](C(F)(F)F)CNC3=O)ccc2n1)C1CCC(F)(F)CC1)c1ccnn1CC(F)(F)F. The number of alkyl halides is 8. The molecule has 43 heavy (non-hydrogen) atoms. The molecule has 17 heteroatoms. The minimum absolute atomic E-state index is 0.00345. The first kappa shape index (κ1) is 30.7. The van der Waals surface area contributed by atoms with Crippen LogP contribution in [0.3, 0.4) is 0 Å². The van der Waals surface area contributed by atoms with E-state index in [1.54, 1.807) is 0 Å². The maximum atomic E-state index is 13.9. The van der Waals surface area contributed by atoms with E-state index in [-0.39, 0.29) is 36.3 Å². The molecule has 9 nitrogen and oxygen atoms in total. The van der Waals surface area contributed by atoms with Crippen LogP contribution in [0.15, 0.2) is 30.6 Å². The summed E-state index contributed by atoms with van der Waals surface area (Å²) in [5.74, 6) is -7.49. The molecular weight excluding hydrogens is 594 g/mol. The van der Waals surface area contributed by atoms with Crippen molar-refractivity contribution in [2.45, 2.75) is 69.4 Å². The van der Waals surface area contributed by atoms with Crippen LogP contribution in [0.4, 0.5) is 35.1 Å². The van der Waals surface area contributed by atoms with Crippen molar-refractivity contribution in [1.82, 2.24) is 35.0 Å². The van der Waals surface area contributed by atoms with Crippen molar-refractivity contribution in [1.29, 1.82) is 0 Å². The minimum Gasteiger partial charge on any atom is -0.355 e. The maximum Gasteiger partial charge on any atom is 0.408 e. The molecule has 3 aromatic heterocycles. The number of halogens is 8. The van der Waals surface area contributed by atoms with Gasteiger partial charge in [0.25, 0.3) is 5.91 Å². The van der Waals surface area contributed by atoms with Crippen LogP contribution in [0.2, 0.25) is 0 Å². The second kappa shape index (κ2) is 11.4. The molecule has 5 rings (SSSR count). The van der Waals surface area contributed by atoms with E-state index in [4.69, 9.17) is 0 Å². The molecule has 3 aromatic rings. The average Bonchev–Trinajstić information content (AvgIpc) is 3.53. The van der Waals surface area contributed by atoms with Crippen molar-refractivity contribution >= 4 is 17.5 Å². The lowest BCUT2D eigenvalue weighted by Gasteiger charge is -2.33. The molecule has 234 valence electrons. The van der Waals surface area contributed by atoms with Gasteiger partial charge in [-0.1, -0.05) is 0 Å². The normalized spacial score (nSPS) is 22.4. The zero-order valence-corrected chi connectivity index (χ0v) is 22.4. The Morgan fingerprint density at radius 3 is 2.51 bits per heavy atom. The van der Waals surface area contributed by atoms with Gasteiger partial charge in [-0.3, -0.25) is 14.3 Å². The highest BCUT2D eigenvalue weighted by molar-refractivity contribution is 5.92. The van der Waals surface area contributed by atoms with Crippen LogP contribution < -0.4 is 10.6 Å². The number of fused-ring (bicyclic) bond motifs is 1. The highest BCUT2D eigenvalue weighted by Crippen LogP contribution is 2.41. The molecule has 2 amide bonds. The van der Waals surface area contributed by atoms with Gasteiger partial charge >= 0.3 is 12.4 Å². The van der Waals surface area contributed by atoms with Crippen LogP contribution in [0.1, 0.15) is 60.0 Å². The van der Waals surface area contributed by atoms with E-state index >= 15 is 0 Å². The number of carbonyl (C=O) groups is 2. The zero-order valence-electron chi connectivity index (χ0n) is 22.4. The predicted octanol–water partition coefficient (Wildman–Crippen LogP) is 4.64. The number of hydrogen-bond donors (Lipinski definition) is 2. The topological polar surface area (TPSA) is 106 Å². The molecule has 1 aliphatic carbocycles. The number of nitrogens with zero attached hydrogens (tertiary/aromatic N) is 5. The molecule has 2 N–H and O–H groups in total. The van der Waals surface area contributed by atoms with Crippen molar-refractivity contribution in [2.24, 2.45) is 17.8 Å². The van der Waals surface area contributed by atoms with E-state index in [1.807, 2.05) is 0 Å². The third kappa shape index (κ3) is 7.24. The van der Waals surface area contributed by atoms with Crippen LogP contribution in [-0.4, -0.2) is 61.0 Å². The number of hydrogen-bond acceptors (Lipinski definition) is 5. The number of piperidine rings is 1. The molecule has 0 aromatic carbocycles. The highest BCUT2D eigenvalue weighted by Gasteiger charge is 2.45. The van der Waals surface area contributed by atoms with Gasteiger partial charge in [0.1, 0.15) is 12.2 Å². The lowest BCUT2D eigenvalue weighted by Crippen LogP contribution is -2.47. The van der Waals surface area contributed by atoms with Gasteiger partial charge in [-0.05, 0) is 43.4 Å². The molecule has 4 heterocycles. The van der Waals surface area contributed by atoms with Crippen LogP contribution in [-0.2, 0) is 17.8 Å². The Labute approximate surface area is 239 Å². The molecule has 1 saturated heterocycles. The van der Waals surface area contributed by atoms with E-state index in [9.17, 15) is 44.7 Å². The van der Waals surface area contributed by atoms with Gasteiger partial charge in [-0.15, -0.1) is 0 Å². The maximum absolute atomic E-state index is 13.9. The second-order valence-corrected chi connectivity index (χ2v) is 11.0. The van der Waals surface area contributed by atoms with Crippen molar-refractivity contribution in [2.75, 3.05) is 6.54 Å². The van der Waals surface area contributed by atoms with E-state index in [2.05, 4.69) is 25.8 Å². The van der Waals surface area contributed by atoms with Crippen LogP contribution in [0.5, 0.6) is 0 Å². The first-order valence-corrected chi connectivity index (χ1v) is 13.5. The molecule has 2 fully saturated rings. The molecule has 2 aliphatic rings. The summed E-state index contributed by atoms with van der Waals surface area (Å²) in [7, 11) is 0. The fourth-order valence-electron chi connectivity index (χ4n) is 5.64. The summed E-state index contributed by atoms with van der Waals surface area (Å²) in [5, 5.41) is 12.9. The molecule has 2 unspecified atom stereocenters. The Bertz CT molecular complexity index is 1470. The number of imidazole rings is 1. The van der Waals surface area contributed by atoms with E-state index in [0.29, 0.717) is 10.4 Å². The minimum atomic E-state index is -4.65. The fourth-order valence-corrected chi connectivity index (χ4v) is 5.64.